The minimum absolute atomic E-state index is 0.582. The van der Waals surface area contributed by atoms with Crippen LogP contribution in [0.1, 0.15) is 30.9 Å². The van der Waals surface area contributed by atoms with E-state index in [9.17, 15) is 0 Å². The van der Waals surface area contributed by atoms with Gasteiger partial charge in [-0.1, -0.05) is 43.8 Å². The van der Waals surface area contributed by atoms with E-state index in [2.05, 4.69) is 51.1 Å². The Morgan fingerprint density at radius 1 is 1.00 bits per heavy atom. The summed E-state index contributed by atoms with van der Waals surface area (Å²) in [4.78, 5) is 2.49. The lowest BCUT2D eigenvalue weighted by Gasteiger charge is -2.09. The SMILES string of the molecule is Cc1c(N)cccc1Sc1ccc(C(C)C)cc1. The third-order valence-electron chi connectivity index (χ3n) is 3.10. The summed E-state index contributed by atoms with van der Waals surface area (Å²) >= 11 is 1.77. The molecule has 0 saturated carbocycles. The van der Waals surface area contributed by atoms with Crippen LogP contribution in [0.15, 0.2) is 52.3 Å². The van der Waals surface area contributed by atoms with Crippen LogP contribution >= 0.6 is 11.8 Å². The van der Waals surface area contributed by atoms with Gasteiger partial charge in [0.1, 0.15) is 0 Å². The highest BCUT2D eigenvalue weighted by atomic mass is 32.2. The van der Waals surface area contributed by atoms with E-state index in [4.69, 9.17) is 5.73 Å². The summed E-state index contributed by atoms with van der Waals surface area (Å²) in [6.45, 7) is 6.49. The highest BCUT2D eigenvalue weighted by molar-refractivity contribution is 7.99. The van der Waals surface area contributed by atoms with Crippen LogP contribution in [0.3, 0.4) is 0 Å². The van der Waals surface area contributed by atoms with E-state index in [-0.39, 0.29) is 0 Å². The summed E-state index contributed by atoms with van der Waals surface area (Å²) in [7, 11) is 0. The molecular formula is C16H19NS. The Morgan fingerprint density at radius 3 is 2.28 bits per heavy atom. The molecule has 0 bridgehead atoms. The molecule has 0 fully saturated rings. The molecule has 2 heteroatoms. The lowest BCUT2D eigenvalue weighted by Crippen LogP contribution is -1.90. The van der Waals surface area contributed by atoms with Crippen LogP contribution in [0.2, 0.25) is 0 Å². The zero-order chi connectivity index (χ0) is 13.1. The monoisotopic (exact) mass is 257 g/mol. The third-order valence-corrected chi connectivity index (χ3v) is 4.27. The maximum absolute atomic E-state index is 5.92. The predicted octanol–water partition coefficient (Wildman–Crippen LogP) is 4.85. The van der Waals surface area contributed by atoms with E-state index < -0.39 is 0 Å². The molecule has 2 aromatic carbocycles. The number of hydrogen-bond acceptors (Lipinski definition) is 2. The normalized spacial score (nSPS) is 10.9. The minimum Gasteiger partial charge on any atom is -0.398 e. The average molecular weight is 257 g/mol. The van der Waals surface area contributed by atoms with E-state index in [1.165, 1.54) is 15.4 Å². The number of nitrogens with two attached hydrogens (primary N) is 1. The first-order valence-electron chi connectivity index (χ1n) is 6.21. The van der Waals surface area contributed by atoms with Gasteiger partial charge in [-0.25, -0.2) is 0 Å². The second-order valence-electron chi connectivity index (χ2n) is 4.80. The molecule has 0 heterocycles. The van der Waals surface area contributed by atoms with Crippen molar-refractivity contribution in [2.75, 3.05) is 5.73 Å². The highest BCUT2D eigenvalue weighted by Crippen LogP contribution is 2.33. The van der Waals surface area contributed by atoms with Gasteiger partial charge in [-0.05, 0) is 48.2 Å². The molecule has 0 amide bonds. The Hall–Kier alpha value is -1.41. The topological polar surface area (TPSA) is 26.0 Å². The van der Waals surface area contributed by atoms with Crippen molar-refractivity contribution in [3.8, 4) is 0 Å². The molecule has 1 nitrogen and oxygen atoms in total. The van der Waals surface area contributed by atoms with E-state index in [0.717, 1.165) is 11.3 Å². The fourth-order valence-electron chi connectivity index (χ4n) is 1.79. The van der Waals surface area contributed by atoms with Crippen molar-refractivity contribution >= 4 is 17.4 Å². The van der Waals surface area contributed by atoms with Crippen LogP contribution in [0.25, 0.3) is 0 Å². The van der Waals surface area contributed by atoms with E-state index in [0.29, 0.717) is 5.92 Å². The maximum Gasteiger partial charge on any atom is 0.0355 e. The lowest BCUT2D eigenvalue weighted by atomic mass is 10.0. The number of nitrogen functional groups attached to an aromatic ring is 1. The van der Waals surface area contributed by atoms with Gasteiger partial charge in [0.05, 0.1) is 0 Å². The van der Waals surface area contributed by atoms with Crippen molar-refractivity contribution in [2.45, 2.75) is 36.5 Å². The molecule has 0 spiro atoms. The Kier molecular flexibility index (Phi) is 3.97. The average Bonchev–Trinajstić information content (AvgIpc) is 2.36. The molecule has 2 aromatic rings. The van der Waals surface area contributed by atoms with E-state index in [1.807, 2.05) is 12.1 Å². The van der Waals surface area contributed by atoms with Crippen LogP contribution in [0.5, 0.6) is 0 Å². The number of benzene rings is 2. The van der Waals surface area contributed by atoms with Gasteiger partial charge in [0.2, 0.25) is 0 Å². The molecule has 0 aliphatic carbocycles. The van der Waals surface area contributed by atoms with Crippen LogP contribution in [0.4, 0.5) is 5.69 Å². The number of anilines is 1. The molecule has 0 saturated heterocycles. The van der Waals surface area contributed by atoms with Gasteiger partial charge in [-0.2, -0.15) is 0 Å². The second-order valence-corrected chi connectivity index (χ2v) is 5.91. The molecule has 0 unspecified atom stereocenters. The van der Waals surface area contributed by atoms with Gasteiger partial charge < -0.3 is 5.73 Å². The molecular weight excluding hydrogens is 238 g/mol. The fourth-order valence-corrected chi connectivity index (χ4v) is 2.73. The summed E-state index contributed by atoms with van der Waals surface area (Å²) in [6, 6.07) is 14.8. The van der Waals surface area contributed by atoms with E-state index >= 15 is 0 Å². The molecule has 2 N–H and O–H groups in total. The van der Waals surface area contributed by atoms with Gasteiger partial charge in [0.25, 0.3) is 0 Å². The quantitative estimate of drug-likeness (QED) is 0.795. The van der Waals surface area contributed by atoms with Gasteiger partial charge >= 0.3 is 0 Å². The van der Waals surface area contributed by atoms with Crippen LogP contribution in [0, 0.1) is 6.92 Å². The number of rotatable bonds is 3. The Bertz CT molecular complexity index is 529. The molecule has 94 valence electrons. The highest BCUT2D eigenvalue weighted by Gasteiger charge is 2.04. The first-order valence-corrected chi connectivity index (χ1v) is 7.02. The van der Waals surface area contributed by atoms with Crippen molar-refractivity contribution in [1.82, 2.24) is 0 Å². The Morgan fingerprint density at radius 2 is 1.67 bits per heavy atom. The van der Waals surface area contributed by atoms with Gasteiger partial charge in [-0.15, -0.1) is 0 Å². The van der Waals surface area contributed by atoms with Crippen molar-refractivity contribution < 1.29 is 0 Å². The molecule has 2 rings (SSSR count). The summed E-state index contributed by atoms with van der Waals surface area (Å²) < 4.78 is 0. The molecule has 0 aliphatic rings. The molecule has 0 atom stereocenters. The van der Waals surface area contributed by atoms with Crippen LogP contribution < -0.4 is 5.73 Å². The lowest BCUT2D eigenvalue weighted by molar-refractivity contribution is 0.865. The van der Waals surface area contributed by atoms with Crippen molar-refractivity contribution in [2.24, 2.45) is 0 Å². The summed E-state index contributed by atoms with van der Waals surface area (Å²) in [5, 5.41) is 0. The van der Waals surface area contributed by atoms with Crippen molar-refractivity contribution in [3.05, 3.63) is 53.6 Å². The largest absolute Gasteiger partial charge is 0.398 e. The summed E-state index contributed by atoms with van der Waals surface area (Å²) in [6.07, 6.45) is 0. The Labute approximate surface area is 113 Å². The predicted molar refractivity (Wildman–Crippen MR) is 80.2 cm³/mol. The standard InChI is InChI=1S/C16H19NS/c1-11(2)13-7-9-14(10-8-13)18-16-6-4-5-15(17)12(16)3/h4-11H,17H2,1-3H3. The summed E-state index contributed by atoms with van der Waals surface area (Å²) in [5.41, 5.74) is 9.33. The fraction of sp³-hybridized carbons (Fsp3) is 0.250. The molecule has 0 radical (unpaired) electrons. The first kappa shape index (κ1) is 13.0. The second kappa shape index (κ2) is 5.49. The molecule has 18 heavy (non-hydrogen) atoms. The summed E-state index contributed by atoms with van der Waals surface area (Å²) in [5.74, 6) is 0.582. The maximum atomic E-state index is 5.92. The van der Waals surface area contributed by atoms with Crippen molar-refractivity contribution in [3.63, 3.8) is 0 Å². The van der Waals surface area contributed by atoms with Gasteiger partial charge in [-0.3, -0.25) is 0 Å². The number of hydrogen-bond donors (Lipinski definition) is 1. The molecule has 0 aliphatic heterocycles. The van der Waals surface area contributed by atoms with Crippen LogP contribution in [-0.4, -0.2) is 0 Å². The smallest absolute Gasteiger partial charge is 0.0355 e. The first-order chi connectivity index (χ1) is 8.58. The Balaban J connectivity index is 2.21. The third kappa shape index (κ3) is 2.88. The zero-order valence-corrected chi connectivity index (χ0v) is 11.9. The van der Waals surface area contributed by atoms with Gasteiger partial charge in [0, 0.05) is 15.5 Å². The van der Waals surface area contributed by atoms with Gasteiger partial charge in [0.15, 0.2) is 0 Å². The van der Waals surface area contributed by atoms with Crippen LogP contribution in [-0.2, 0) is 0 Å². The van der Waals surface area contributed by atoms with Crippen molar-refractivity contribution in [1.29, 1.82) is 0 Å². The van der Waals surface area contributed by atoms with E-state index in [1.54, 1.807) is 11.8 Å². The molecule has 0 aromatic heterocycles. The minimum atomic E-state index is 0.582. The zero-order valence-electron chi connectivity index (χ0n) is 11.1.